The summed E-state index contributed by atoms with van der Waals surface area (Å²) in [5, 5.41) is 9.60. The van der Waals surface area contributed by atoms with Gasteiger partial charge in [0.15, 0.2) is 11.6 Å². The Morgan fingerprint density at radius 2 is 1.67 bits per heavy atom. The topological polar surface area (TPSA) is 29.5 Å². The fourth-order valence-electron chi connectivity index (χ4n) is 3.38. The fourth-order valence-corrected chi connectivity index (χ4v) is 3.51. The molecule has 5 heteroatoms. The van der Waals surface area contributed by atoms with Gasteiger partial charge in [0.25, 0.3) is 0 Å². The zero-order valence-corrected chi connectivity index (χ0v) is 18.6. The van der Waals surface area contributed by atoms with Gasteiger partial charge in [-0.05, 0) is 76.6 Å². The van der Waals surface area contributed by atoms with E-state index in [-0.39, 0.29) is 28.5 Å². The minimum absolute atomic E-state index is 0.0811. The summed E-state index contributed by atoms with van der Waals surface area (Å²) in [5.41, 5.74) is 6.08. The highest BCUT2D eigenvalue weighted by atomic mass is 35.5. The van der Waals surface area contributed by atoms with E-state index in [2.05, 4.69) is 26.0 Å². The lowest BCUT2D eigenvalue weighted by Gasteiger charge is -2.18. The molecule has 0 amide bonds. The van der Waals surface area contributed by atoms with Gasteiger partial charge in [-0.1, -0.05) is 67.4 Å². The van der Waals surface area contributed by atoms with Crippen molar-refractivity contribution in [3.05, 3.63) is 82.1 Å². The van der Waals surface area contributed by atoms with Crippen LogP contribution in [0.1, 0.15) is 30.9 Å². The fraction of sp³-hybridized carbons (Fsp3) is 0.200. The van der Waals surface area contributed by atoms with Crippen molar-refractivity contribution in [1.82, 2.24) is 0 Å². The first-order valence-electron chi connectivity index (χ1n) is 9.64. The number of phenols is 1. The number of hydrogen-bond donors (Lipinski definition) is 1. The first-order valence-corrected chi connectivity index (χ1v) is 10.4. The molecule has 0 bridgehead atoms. The number of aromatic hydroxyl groups is 1. The Hall–Kier alpha value is -2.49. The van der Waals surface area contributed by atoms with Crippen molar-refractivity contribution in [2.75, 3.05) is 6.61 Å². The molecular weight excluding hydrogens is 422 g/mol. The van der Waals surface area contributed by atoms with Crippen LogP contribution in [0.3, 0.4) is 0 Å². The van der Waals surface area contributed by atoms with Crippen LogP contribution in [-0.2, 0) is 0 Å². The maximum atomic E-state index is 14.6. The molecule has 0 unspecified atom stereocenters. The number of hydrogen-bond acceptors (Lipinski definition) is 2. The summed E-state index contributed by atoms with van der Waals surface area (Å²) >= 11 is 11.1. The number of benzene rings is 3. The third-order valence-corrected chi connectivity index (χ3v) is 5.22. The van der Waals surface area contributed by atoms with Crippen LogP contribution in [0.25, 0.3) is 22.3 Å². The quantitative estimate of drug-likeness (QED) is 0.417. The van der Waals surface area contributed by atoms with E-state index < -0.39 is 5.82 Å². The highest BCUT2D eigenvalue weighted by Crippen LogP contribution is 2.37. The van der Waals surface area contributed by atoms with Gasteiger partial charge in [0.05, 0.1) is 0 Å². The molecule has 2 nitrogen and oxygen atoms in total. The van der Waals surface area contributed by atoms with Crippen LogP contribution in [0.4, 0.5) is 4.39 Å². The molecule has 3 aromatic carbocycles. The van der Waals surface area contributed by atoms with Crippen molar-refractivity contribution < 1.29 is 14.2 Å². The van der Waals surface area contributed by atoms with E-state index in [4.69, 9.17) is 27.9 Å². The number of halogens is 3. The van der Waals surface area contributed by atoms with Crippen molar-refractivity contribution >= 4 is 23.2 Å². The van der Waals surface area contributed by atoms with E-state index in [1.807, 2.05) is 25.1 Å². The summed E-state index contributed by atoms with van der Waals surface area (Å²) in [6, 6.07) is 16.4. The molecule has 30 heavy (non-hydrogen) atoms. The van der Waals surface area contributed by atoms with E-state index in [0.717, 1.165) is 33.4 Å². The standard InChI is InChI=1S/C25H23Cl2FO2/c1-15(2)20-14-21(16(3)12-22(20)17-4-7-19(29)8-5-17)18-6-9-24(23(28)13-18)30-11-10-25(26)27/h4-10,12-15,29H,11H2,1-3H3. The first kappa shape index (κ1) is 22.2. The summed E-state index contributed by atoms with van der Waals surface area (Å²) in [5.74, 6) is 0.208. The minimum atomic E-state index is -0.445. The van der Waals surface area contributed by atoms with Crippen molar-refractivity contribution in [1.29, 1.82) is 0 Å². The lowest BCUT2D eigenvalue weighted by Crippen LogP contribution is -1.98. The van der Waals surface area contributed by atoms with Gasteiger partial charge >= 0.3 is 0 Å². The van der Waals surface area contributed by atoms with Crippen molar-refractivity contribution in [2.45, 2.75) is 26.7 Å². The molecule has 0 atom stereocenters. The SMILES string of the molecule is Cc1cc(-c2ccc(O)cc2)c(C(C)C)cc1-c1ccc(OCC=C(Cl)Cl)c(F)c1. The molecule has 0 fully saturated rings. The van der Waals surface area contributed by atoms with E-state index in [1.165, 1.54) is 12.1 Å². The van der Waals surface area contributed by atoms with E-state index in [1.54, 1.807) is 18.2 Å². The van der Waals surface area contributed by atoms with Crippen LogP contribution in [0.5, 0.6) is 11.5 Å². The second kappa shape index (κ2) is 9.55. The van der Waals surface area contributed by atoms with Crippen LogP contribution < -0.4 is 4.74 Å². The average molecular weight is 445 g/mol. The molecule has 0 radical (unpaired) electrons. The predicted octanol–water partition coefficient (Wildman–Crippen LogP) is 7.99. The maximum Gasteiger partial charge on any atom is 0.165 e. The third-order valence-electron chi connectivity index (χ3n) is 4.92. The zero-order chi connectivity index (χ0) is 21.8. The smallest absolute Gasteiger partial charge is 0.165 e. The van der Waals surface area contributed by atoms with Crippen molar-refractivity contribution in [3.63, 3.8) is 0 Å². The minimum Gasteiger partial charge on any atom is -0.508 e. The summed E-state index contributed by atoms with van der Waals surface area (Å²) in [7, 11) is 0. The van der Waals surface area contributed by atoms with Crippen LogP contribution >= 0.6 is 23.2 Å². The number of ether oxygens (including phenoxy) is 1. The van der Waals surface area contributed by atoms with Gasteiger partial charge in [-0.25, -0.2) is 4.39 Å². The molecule has 3 aromatic rings. The number of phenolic OH excluding ortho intramolecular Hbond substituents is 1. The predicted molar refractivity (Wildman–Crippen MR) is 123 cm³/mol. The summed E-state index contributed by atoms with van der Waals surface area (Å²) < 4.78 is 20.1. The maximum absolute atomic E-state index is 14.6. The molecule has 0 aliphatic rings. The highest BCUT2D eigenvalue weighted by molar-refractivity contribution is 6.55. The Morgan fingerprint density at radius 1 is 1.00 bits per heavy atom. The zero-order valence-electron chi connectivity index (χ0n) is 17.0. The molecular formula is C25H23Cl2FO2. The molecule has 0 aliphatic heterocycles. The third kappa shape index (κ3) is 5.16. The molecule has 1 N–H and O–H groups in total. The van der Waals surface area contributed by atoms with Gasteiger partial charge in [-0.2, -0.15) is 0 Å². The summed E-state index contributed by atoms with van der Waals surface area (Å²) in [6.45, 7) is 6.37. The molecule has 0 heterocycles. The Morgan fingerprint density at radius 3 is 2.27 bits per heavy atom. The van der Waals surface area contributed by atoms with Crippen LogP contribution in [0.2, 0.25) is 0 Å². The van der Waals surface area contributed by atoms with Gasteiger partial charge < -0.3 is 9.84 Å². The van der Waals surface area contributed by atoms with Crippen LogP contribution in [0.15, 0.2) is 65.2 Å². The second-order valence-corrected chi connectivity index (χ2v) is 8.41. The average Bonchev–Trinajstić information content (AvgIpc) is 2.69. The highest BCUT2D eigenvalue weighted by Gasteiger charge is 2.15. The monoisotopic (exact) mass is 444 g/mol. The Balaban J connectivity index is 2.00. The Bertz CT molecular complexity index is 1070. The molecule has 0 spiro atoms. The lowest BCUT2D eigenvalue weighted by atomic mass is 9.87. The van der Waals surface area contributed by atoms with Crippen molar-refractivity contribution in [3.8, 4) is 33.8 Å². The molecule has 3 rings (SSSR count). The van der Waals surface area contributed by atoms with Gasteiger partial charge in [-0.3, -0.25) is 0 Å². The first-order chi connectivity index (χ1) is 14.3. The summed E-state index contributed by atoms with van der Waals surface area (Å²) in [6.07, 6.45) is 1.46. The van der Waals surface area contributed by atoms with E-state index in [0.29, 0.717) is 0 Å². The van der Waals surface area contributed by atoms with Crippen LogP contribution in [-0.4, -0.2) is 11.7 Å². The molecule has 0 saturated carbocycles. The molecule has 0 saturated heterocycles. The number of aryl methyl sites for hydroxylation is 1. The van der Waals surface area contributed by atoms with Gasteiger partial charge in [0.1, 0.15) is 16.8 Å². The largest absolute Gasteiger partial charge is 0.508 e. The van der Waals surface area contributed by atoms with Gasteiger partial charge in [0.2, 0.25) is 0 Å². The van der Waals surface area contributed by atoms with E-state index >= 15 is 0 Å². The Labute approximate surface area is 186 Å². The molecule has 0 aliphatic carbocycles. The van der Waals surface area contributed by atoms with E-state index in [9.17, 15) is 9.50 Å². The molecule has 156 valence electrons. The van der Waals surface area contributed by atoms with Crippen molar-refractivity contribution in [2.24, 2.45) is 0 Å². The normalized spacial score (nSPS) is 10.9. The van der Waals surface area contributed by atoms with Gasteiger partial charge in [0, 0.05) is 0 Å². The molecule has 0 aromatic heterocycles. The summed E-state index contributed by atoms with van der Waals surface area (Å²) in [4.78, 5) is 0. The number of rotatable bonds is 6. The van der Waals surface area contributed by atoms with Gasteiger partial charge in [-0.15, -0.1) is 0 Å². The Kier molecular flexibility index (Phi) is 7.06. The second-order valence-electron chi connectivity index (χ2n) is 7.41. The van der Waals surface area contributed by atoms with Crippen LogP contribution in [0, 0.1) is 12.7 Å². The lowest BCUT2D eigenvalue weighted by molar-refractivity contribution is 0.342.